The Morgan fingerprint density at radius 3 is 1.72 bits per heavy atom. The third kappa shape index (κ3) is 8.86. The van der Waals surface area contributed by atoms with Gasteiger partial charge in [-0.1, -0.05) is 150 Å². The predicted octanol–water partition coefficient (Wildman–Crippen LogP) is 19.1. The van der Waals surface area contributed by atoms with Crippen LogP contribution >= 0.6 is 0 Å². The molecule has 5 nitrogen and oxygen atoms in total. The summed E-state index contributed by atoms with van der Waals surface area (Å²) in [4.78, 5) is 9.94. The van der Waals surface area contributed by atoms with Gasteiger partial charge in [-0.15, -0.1) is 0 Å². The van der Waals surface area contributed by atoms with Gasteiger partial charge in [-0.3, -0.25) is 4.57 Å². The summed E-state index contributed by atoms with van der Waals surface area (Å²) in [6.45, 7) is 32.8. The van der Waals surface area contributed by atoms with Gasteiger partial charge >= 0.3 is 0 Å². The van der Waals surface area contributed by atoms with Crippen LogP contribution in [0.15, 0.2) is 152 Å². The fourth-order valence-corrected chi connectivity index (χ4v) is 11.2. The Labute approximate surface area is 429 Å². The second-order valence-electron chi connectivity index (χ2n) is 23.3. The van der Waals surface area contributed by atoms with Crippen molar-refractivity contribution in [3.05, 3.63) is 191 Å². The van der Waals surface area contributed by atoms with E-state index in [1.807, 2.05) is 6.20 Å². The van der Waals surface area contributed by atoms with E-state index >= 15 is 0 Å². The summed E-state index contributed by atoms with van der Waals surface area (Å²) >= 11 is 0. The maximum Gasteiger partial charge on any atom is 0.138 e. The SMILES string of the molecule is Cc1cc(C(C)(C)C)cc(C)c1-c1ccnc(-n2c3cc(Oc4cccc(N5CN(c6cccc(-c7c(C(C)C)cc(C(C)C)cc7C(C)C)c6)c6ccccc65)c4)ccc3c3c(C(C)(C)C)cccc32)c1. The highest BCUT2D eigenvalue weighted by molar-refractivity contribution is 6.11. The van der Waals surface area contributed by atoms with Crippen LogP contribution in [-0.2, 0) is 10.8 Å². The van der Waals surface area contributed by atoms with Crippen LogP contribution < -0.4 is 14.5 Å². The molecule has 0 fully saturated rings. The molecule has 366 valence electrons. The number of nitrogens with zero attached hydrogens (tertiary/aromatic N) is 4. The molecule has 0 radical (unpaired) electrons. The van der Waals surface area contributed by atoms with E-state index in [2.05, 4.69) is 257 Å². The minimum atomic E-state index is -0.0761. The number of hydrogen-bond donors (Lipinski definition) is 0. The molecule has 1 aliphatic heterocycles. The van der Waals surface area contributed by atoms with E-state index in [4.69, 9.17) is 9.72 Å². The predicted molar refractivity (Wildman–Crippen MR) is 307 cm³/mol. The van der Waals surface area contributed by atoms with E-state index in [1.165, 1.54) is 77.8 Å². The highest BCUT2D eigenvalue weighted by Gasteiger charge is 2.30. The van der Waals surface area contributed by atoms with Crippen molar-refractivity contribution in [2.45, 2.75) is 126 Å². The standard InChI is InChI=1S/C67H72N4O/c1-41(2)48-35-55(42(3)4)64(56(36-48)43(5)6)46-20-17-21-50(34-46)69-40-70(59-26-16-15-25-58(59)69)51-22-18-23-52(38-51)72-53-28-29-54-61(39-53)71(60-27-19-24-57(65(54)60)67(12,13)14)62-37-47(30-31-68-62)63-44(7)32-49(33-45(63)8)66(9,10)11/h15-39,41-43H,40H2,1-14H3. The van der Waals surface area contributed by atoms with E-state index in [-0.39, 0.29) is 10.8 Å². The lowest BCUT2D eigenvalue weighted by Gasteiger charge is -2.25. The third-order valence-corrected chi connectivity index (χ3v) is 14.9. The topological polar surface area (TPSA) is 33.5 Å². The molecule has 0 saturated heterocycles. The second-order valence-corrected chi connectivity index (χ2v) is 23.3. The maximum absolute atomic E-state index is 6.91. The lowest BCUT2D eigenvalue weighted by Crippen LogP contribution is -2.23. The molecular formula is C67H72N4O. The Balaban J connectivity index is 1.01. The monoisotopic (exact) mass is 949 g/mol. The molecule has 0 unspecified atom stereocenters. The highest BCUT2D eigenvalue weighted by Crippen LogP contribution is 2.48. The molecule has 0 amide bonds. The number of anilines is 4. The summed E-state index contributed by atoms with van der Waals surface area (Å²) in [6.07, 6.45) is 1.96. The number of ether oxygens (including phenoxy) is 1. The molecule has 0 spiro atoms. The minimum absolute atomic E-state index is 0.0675. The maximum atomic E-state index is 6.91. The van der Waals surface area contributed by atoms with Gasteiger partial charge in [-0.05, 0) is 170 Å². The zero-order valence-corrected chi connectivity index (χ0v) is 45.1. The van der Waals surface area contributed by atoms with Crippen LogP contribution in [0, 0.1) is 13.8 Å². The fourth-order valence-electron chi connectivity index (χ4n) is 11.2. The van der Waals surface area contributed by atoms with Gasteiger partial charge in [-0.2, -0.15) is 0 Å². The van der Waals surface area contributed by atoms with Gasteiger partial charge in [0, 0.05) is 40.5 Å². The molecule has 7 aromatic carbocycles. The number of benzene rings is 7. The number of aromatic nitrogens is 2. The third-order valence-electron chi connectivity index (χ3n) is 14.9. The van der Waals surface area contributed by atoms with Crippen molar-refractivity contribution < 1.29 is 4.74 Å². The fraction of sp³-hybridized carbons (Fsp3) is 0.299. The lowest BCUT2D eigenvalue weighted by molar-refractivity contribution is 0.483. The molecular weight excluding hydrogens is 877 g/mol. The normalized spacial score (nSPS) is 13.1. The molecule has 0 bridgehead atoms. The van der Waals surface area contributed by atoms with Gasteiger partial charge in [0.15, 0.2) is 0 Å². The van der Waals surface area contributed by atoms with E-state index in [0.717, 1.165) is 45.3 Å². The average Bonchev–Trinajstić information content (AvgIpc) is 3.89. The van der Waals surface area contributed by atoms with Gasteiger partial charge in [0.2, 0.25) is 0 Å². The van der Waals surface area contributed by atoms with Crippen molar-refractivity contribution in [2.75, 3.05) is 16.5 Å². The number of aryl methyl sites for hydroxylation is 2. The first-order valence-corrected chi connectivity index (χ1v) is 26.1. The molecule has 2 aromatic heterocycles. The molecule has 9 aromatic rings. The number of pyridine rings is 1. The molecule has 10 rings (SSSR count). The minimum Gasteiger partial charge on any atom is -0.457 e. The second kappa shape index (κ2) is 18.5. The summed E-state index contributed by atoms with van der Waals surface area (Å²) in [5.41, 5.74) is 21.3. The van der Waals surface area contributed by atoms with Crippen LogP contribution in [0.2, 0.25) is 0 Å². The summed E-state index contributed by atoms with van der Waals surface area (Å²) in [6, 6.07) is 53.8. The summed E-state index contributed by atoms with van der Waals surface area (Å²) < 4.78 is 9.24. The molecule has 0 atom stereocenters. The Bertz CT molecular complexity index is 3470. The summed E-state index contributed by atoms with van der Waals surface area (Å²) in [5.74, 6) is 3.69. The molecule has 0 saturated carbocycles. The average molecular weight is 949 g/mol. The first-order chi connectivity index (χ1) is 34.3. The summed E-state index contributed by atoms with van der Waals surface area (Å²) in [7, 11) is 0. The van der Waals surface area contributed by atoms with Crippen LogP contribution in [0.5, 0.6) is 11.5 Å². The van der Waals surface area contributed by atoms with Gasteiger partial charge < -0.3 is 14.5 Å². The lowest BCUT2D eigenvalue weighted by atomic mass is 9.81. The van der Waals surface area contributed by atoms with Gasteiger partial charge in [0.1, 0.15) is 24.0 Å². The zero-order valence-electron chi connectivity index (χ0n) is 45.1. The van der Waals surface area contributed by atoms with Crippen molar-refractivity contribution in [2.24, 2.45) is 0 Å². The molecule has 0 N–H and O–H groups in total. The van der Waals surface area contributed by atoms with E-state index in [9.17, 15) is 0 Å². The van der Waals surface area contributed by atoms with E-state index < -0.39 is 0 Å². The van der Waals surface area contributed by atoms with Gasteiger partial charge in [-0.25, -0.2) is 4.98 Å². The molecule has 0 aliphatic carbocycles. The highest BCUT2D eigenvalue weighted by atomic mass is 16.5. The smallest absolute Gasteiger partial charge is 0.138 e. The largest absolute Gasteiger partial charge is 0.457 e. The van der Waals surface area contributed by atoms with Crippen LogP contribution in [-0.4, -0.2) is 16.2 Å². The first kappa shape index (κ1) is 48.5. The molecule has 5 heteroatoms. The number of rotatable bonds is 10. The van der Waals surface area contributed by atoms with Gasteiger partial charge in [0.05, 0.1) is 22.4 Å². The molecule has 1 aliphatic rings. The Kier molecular flexibility index (Phi) is 12.5. The zero-order chi connectivity index (χ0) is 51.0. The summed E-state index contributed by atoms with van der Waals surface area (Å²) in [5, 5.41) is 2.42. The van der Waals surface area contributed by atoms with E-state index in [0.29, 0.717) is 24.4 Å². The Morgan fingerprint density at radius 2 is 1.11 bits per heavy atom. The Morgan fingerprint density at radius 1 is 0.514 bits per heavy atom. The number of hydrogen-bond acceptors (Lipinski definition) is 4. The van der Waals surface area contributed by atoms with Crippen molar-refractivity contribution in [1.82, 2.24) is 9.55 Å². The van der Waals surface area contributed by atoms with Crippen molar-refractivity contribution in [3.8, 4) is 39.6 Å². The van der Waals surface area contributed by atoms with E-state index in [1.54, 1.807) is 0 Å². The van der Waals surface area contributed by atoms with Crippen molar-refractivity contribution >= 4 is 44.6 Å². The quantitative estimate of drug-likeness (QED) is 0.137. The number of para-hydroxylation sites is 2. The van der Waals surface area contributed by atoms with Crippen LogP contribution in [0.4, 0.5) is 22.7 Å². The van der Waals surface area contributed by atoms with Crippen LogP contribution in [0.3, 0.4) is 0 Å². The Hall–Kier alpha value is -7.11. The molecule has 3 heterocycles. The van der Waals surface area contributed by atoms with Crippen molar-refractivity contribution in [1.29, 1.82) is 0 Å². The van der Waals surface area contributed by atoms with Crippen LogP contribution in [0.1, 0.15) is 140 Å². The van der Waals surface area contributed by atoms with Crippen molar-refractivity contribution in [3.63, 3.8) is 0 Å². The number of fused-ring (bicyclic) bond motifs is 4. The first-order valence-electron chi connectivity index (χ1n) is 26.1. The molecule has 72 heavy (non-hydrogen) atoms. The van der Waals surface area contributed by atoms with Gasteiger partial charge in [0.25, 0.3) is 0 Å². The van der Waals surface area contributed by atoms with Crippen LogP contribution in [0.25, 0.3) is 49.9 Å².